The van der Waals surface area contributed by atoms with Gasteiger partial charge in [-0.2, -0.15) is 0 Å². The molecule has 9 nitrogen and oxygen atoms in total. The molecule has 38 heavy (non-hydrogen) atoms. The van der Waals surface area contributed by atoms with Crippen LogP contribution >= 0.6 is 50.5 Å². The number of hydrogen-bond acceptors (Lipinski definition) is 7. The second kappa shape index (κ2) is 11.8. The van der Waals surface area contributed by atoms with E-state index in [4.69, 9.17) is 32.7 Å². The molecule has 0 saturated carbocycles. The van der Waals surface area contributed by atoms with Crippen molar-refractivity contribution in [2.24, 2.45) is 0 Å². The Hall–Kier alpha value is -2.96. The first-order valence-corrected chi connectivity index (χ1v) is 14.0. The number of pyridine rings is 1. The molecule has 0 spiro atoms. The van der Waals surface area contributed by atoms with Crippen LogP contribution in [0.5, 0.6) is 11.6 Å². The van der Waals surface area contributed by atoms with Crippen LogP contribution in [0.2, 0.25) is 10.0 Å². The lowest BCUT2D eigenvalue weighted by Crippen LogP contribution is -2.32. The van der Waals surface area contributed by atoms with Crippen molar-refractivity contribution in [3.63, 3.8) is 0 Å². The molecule has 1 aromatic carbocycles. The Morgan fingerprint density at radius 3 is 2.84 bits per heavy atom. The number of rotatable bonds is 8. The van der Waals surface area contributed by atoms with Crippen molar-refractivity contribution in [1.82, 2.24) is 20.1 Å². The fourth-order valence-corrected chi connectivity index (χ4v) is 5.52. The molecule has 0 aliphatic carbocycles. The van der Waals surface area contributed by atoms with E-state index in [2.05, 4.69) is 36.6 Å². The maximum Gasteiger partial charge on any atom is 0.274 e. The highest BCUT2D eigenvalue weighted by Crippen LogP contribution is 2.32. The number of aromatic nitrogens is 3. The van der Waals surface area contributed by atoms with Crippen molar-refractivity contribution < 1.29 is 19.1 Å². The van der Waals surface area contributed by atoms with Crippen molar-refractivity contribution in [2.75, 3.05) is 18.5 Å². The van der Waals surface area contributed by atoms with Gasteiger partial charge in [0.05, 0.1) is 22.4 Å². The Morgan fingerprint density at radius 1 is 1.24 bits per heavy atom. The summed E-state index contributed by atoms with van der Waals surface area (Å²) in [6.07, 6.45) is 3.32. The van der Waals surface area contributed by atoms with Crippen LogP contribution in [0.4, 0.5) is 5.69 Å². The van der Waals surface area contributed by atoms with Gasteiger partial charge in [-0.15, -0.1) is 16.4 Å². The molecule has 1 saturated heterocycles. The Labute approximate surface area is 240 Å². The second-order valence-corrected chi connectivity index (χ2v) is 10.7. The molecule has 3 aromatic heterocycles. The van der Waals surface area contributed by atoms with Crippen LogP contribution in [0, 0.1) is 0 Å². The van der Waals surface area contributed by atoms with Crippen LogP contribution in [-0.2, 0) is 4.74 Å². The Kier molecular flexibility index (Phi) is 8.29. The van der Waals surface area contributed by atoms with Gasteiger partial charge in [-0.3, -0.25) is 9.59 Å². The average Bonchev–Trinajstić information content (AvgIpc) is 3.67. The summed E-state index contributed by atoms with van der Waals surface area (Å²) in [5.41, 5.74) is 0.514. The lowest BCUT2D eigenvalue weighted by Gasteiger charge is -2.16. The third kappa shape index (κ3) is 6.02. The quantitative estimate of drug-likeness (QED) is 0.233. The summed E-state index contributed by atoms with van der Waals surface area (Å²) in [7, 11) is 0. The number of benzene rings is 1. The topological polar surface area (TPSA) is 107 Å². The fourth-order valence-electron chi connectivity index (χ4n) is 3.86. The van der Waals surface area contributed by atoms with Gasteiger partial charge in [-0.25, -0.2) is 9.67 Å². The number of anilines is 1. The predicted molar refractivity (Wildman–Crippen MR) is 149 cm³/mol. The maximum atomic E-state index is 13.6. The van der Waals surface area contributed by atoms with Gasteiger partial charge in [0.2, 0.25) is 5.88 Å². The maximum absolute atomic E-state index is 13.6. The minimum absolute atomic E-state index is 0.0428. The van der Waals surface area contributed by atoms with E-state index in [0.717, 1.165) is 12.8 Å². The van der Waals surface area contributed by atoms with E-state index in [1.165, 1.54) is 34.3 Å². The van der Waals surface area contributed by atoms with Crippen LogP contribution in [0.3, 0.4) is 0 Å². The summed E-state index contributed by atoms with van der Waals surface area (Å²) in [6.45, 7) is 1.03. The molecule has 5 rings (SSSR count). The minimum atomic E-state index is -0.574. The van der Waals surface area contributed by atoms with Gasteiger partial charge in [0.25, 0.3) is 11.8 Å². The van der Waals surface area contributed by atoms with Gasteiger partial charge in [0.15, 0.2) is 5.82 Å². The Balaban J connectivity index is 1.46. The Bertz CT molecular complexity index is 1470. The number of thiophene rings is 1. The smallest absolute Gasteiger partial charge is 0.274 e. The van der Waals surface area contributed by atoms with Crippen LogP contribution in [0.15, 0.2) is 57.8 Å². The molecule has 1 aliphatic rings. The van der Waals surface area contributed by atoms with E-state index in [-0.39, 0.29) is 39.8 Å². The molecule has 1 atom stereocenters. The first-order chi connectivity index (χ1) is 18.4. The van der Waals surface area contributed by atoms with Crippen molar-refractivity contribution in [2.45, 2.75) is 18.9 Å². The minimum Gasteiger partial charge on any atom is -0.437 e. The van der Waals surface area contributed by atoms with Crippen molar-refractivity contribution in [3.8, 4) is 17.4 Å². The number of halogens is 3. The standard InChI is InChI=1S/C25H20BrCl2N5O4S/c26-18-10-14(27)9-17(24(34)30-12-15-3-2-7-36-15)22(18)31-25(35)20-11-21(37-16-5-8-38-13-16)32-33(20)23-19(28)4-1-6-29-23/h1,4-6,8-11,13,15H,2-3,7,12H2,(H,30,34)(H,31,35)/t15-/m0/s1. The van der Waals surface area contributed by atoms with E-state index < -0.39 is 11.8 Å². The van der Waals surface area contributed by atoms with Crippen molar-refractivity contribution in [1.29, 1.82) is 0 Å². The largest absolute Gasteiger partial charge is 0.437 e. The SMILES string of the molecule is O=C(NC[C@@H]1CCCO1)c1cc(Cl)cc(Br)c1NC(=O)c1cc(Oc2ccsc2)nn1-c1ncccc1Cl. The number of hydrogen-bond donors (Lipinski definition) is 2. The number of amides is 2. The first kappa shape index (κ1) is 26.6. The molecule has 2 N–H and O–H groups in total. The summed E-state index contributed by atoms with van der Waals surface area (Å²) in [5.74, 6) is 0.00544. The van der Waals surface area contributed by atoms with Gasteiger partial charge < -0.3 is 20.1 Å². The molecule has 2 amide bonds. The van der Waals surface area contributed by atoms with Gasteiger partial charge in [0, 0.05) is 40.3 Å². The molecule has 13 heteroatoms. The Morgan fingerprint density at radius 2 is 2.11 bits per heavy atom. The highest BCUT2D eigenvalue weighted by atomic mass is 79.9. The zero-order valence-corrected chi connectivity index (χ0v) is 23.5. The predicted octanol–water partition coefficient (Wildman–Crippen LogP) is 6.35. The zero-order chi connectivity index (χ0) is 26.6. The number of ether oxygens (including phenoxy) is 2. The lowest BCUT2D eigenvalue weighted by molar-refractivity contribution is 0.0858. The van der Waals surface area contributed by atoms with Gasteiger partial charge in [-0.1, -0.05) is 23.2 Å². The van der Waals surface area contributed by atoms with Crippen molar-refractivity contribution >= 4 is 68.0 Å². The third-order valence-corrected chi connectivity index (χ3v) is 7.43. The van der Waals surface area contributed by atoms with Crippen LogP contribution in [-0.4, -0.2) is 45.8 Å². The highest BCUT2D eigenvalue weighted by molar-refractivity contribution is 9.10. The number of nitrogens with one attached hydrogen (secondary N) is 2. The summed E-state index contributed by atoms with van der Waals surface area (Å²) >= 11 is 17.5. The van der Waals surface area contributed by atoms with E-state index in [0.29, 0.717) is 28.4 Å². The van der Waals surface area contributed by atoms with E-state index in [9.17, 15) is 9.59 Å². The summed E-state index contributed by atoms with van der Waals surface area (Å²) in [6, 6.07) is 9.64. The first-order valence-electron chi connectivity index (χ1n) is 11.5. The second-order valence-electron chi connectivity index (χ2n) is 8.26. The van der Waals surface area contributed by atoms with E-state index in [1.807, 2.05) is 5.38 Å². The summed E-state index contributed by atoms with van der Waals surface area (Å²) in [5, 5.41) is 14.4. The third-order valence-electron chi connectivity index (χ3n) is 5.63. The molecule has 0 bridgehead atoms. The molecule has 4 heterocycles. The van der Waals surface area contributed by atoms with E-state index in [1.54, 1.807) is 29.6 Å². The molecule has 196 valence electrons. The monoisotopic (exact) mass is 635 g/mol. The van der Waals surface area contributed by atoms with Crippen LogP contribution in [0.25, 0.3) is 5.82 Å². The number of carbonyl (C=O) groups is 2. The normalized spacial score (nSPS) is 14.9. The number of nitrogens with zero attached hydrogens (tertiary/aromatic N) is 3. The fraction of sp³-hybridized carbons (Fsp3) is 0.200. The van der Waals surface area contributed by atoms with Gasteiger partial charge in [0.1, 0.15) is 11.4 Å². The molecule has 1 fully saturated rings. The van der Waals surface area contributed by atoms with Gasteiger partial charge >= 0.3 is 0 Å². The molecule has 0 unspecified atom stereocenters. The van der Waals surface area contributed by atoms with Gasteiger partial charge in [-0.05, 0) is 64.5 Å². The summed E-state index contributed by atoms with van der Waals surface area (Å²) < 4.78 is 13.1. The average molecular weight is 637 g/mol. The molecular formula is C25H20BrCl2N5O4S. The van der Waals surface area contributed by atoms with E-state index >= 15 is 0 Å². The zero-order valence-electron chi connectivity index (χ0n) is 19.6. The molecule has 0 radical (unpaired) electrons. The lowest BCUT2D eigenvalue weighted by atomic mass is 10.1. The number of carbonyl (C=O) groups excluding carboxylic acids is 2. The molecule has 4 aromatic rings. The molecular weight excluding hydrogens is 617 g/mol. The highest BCUT2D eigenvalue weighted by Gasteiger charge is 2.25. The van der Waals surface area contributed by atoms with Crippen LogP contribution in [0.1, 0.15) is 33.7 Å². The van der Waals surface area contributed by atoms with Crippen molar-refractivity contribution in [3.05, 3.63) is 79.1 Å². The molecule has 1 aliphatic heterocycles. The summed E-state index contributed by atoms with van der Waals surface area (Å²) in [4.78, 5) is 31.0. The van der Waals surface area contributed by atoms with Crippen LogP contribution < -0.4 is 15.4 Å².